The monoisotopic (exact) mass is 289 g/mol. The van der Waals surface area contributed by atoms with E-state index < -0.39 is 0 Å². The van der Waals surface area contributed by atoms with Crippen molar-refractivity contribution in [3.63, 3.8) is 0 Å². The second-order valence-electron chi connectivity index (χ2n) is 6.93. The van der Waals surface area contributed by atoms with Crippen LogP contribution in [0.25, 0.3) is 0 Å². The molecule has 3 atom stereocenters. The highest BCUT2D eigenvalue weighted by Crippen LogP contribution is 2.40. The minimum Gasteiger partial charge on any atom is -0.378 e. The Kier molecular flexibility index (Phi) is 4.34. The molecule has 0 bridgehead atoms. The Morgan fingerprint density at radius 1 is 1.14 bits per heavy atom. The van der Waals surface area contributed by atoms with Crippen LogP contribution in [0.4, 0.5) is 0 Å². The van der Waals surface area contributed by atoms with E-state index in [9.17, 15) is 0 Å². The molecule has 0 aromatic heterocycles. The number of ether oxygens (including phenoxy) is 2. The SMILES string of the molecule is CC(C)c1ccc(C(N)C2CCOC3(CCOC3)C2)cc1. The summed E-state index contributed by atoms with van der Waals surface area (Å²) in [6.07, 6.45) is 3.09. The molecule has 2 saturated heterocycles. The van der Waals surface area contributed by atoms with Crippen LogP contribution in [0, 0.1) is 5.92 Å². The molecule has 3 heteroatoms. The van der Waals surface area contributed by atoms with Gasteiger partial charge in [-0.1, -0.05) is 38.1 Å². The molecule has 116 valence electrons. The van der Waals surface area contributed by atoms with Gasteiger partial charge >= 0.3 is 0 Å². The summed E-state index contributed by atoms with van der Waals surface area (Å²) >= 11 is 0. The maximum absolute atomic E-state index is 6.55. The van der Waals surface area contributed by atoms with E-state index in [2.05, 4.69) is 38.1 Å². The van der Waals surface area contributed by atoms with E-state index in [-0.39, 0.29) is 11.6 Å². The third kappa shape index (κ3) is 3.15. The molecule has 2 N–H and O–H groups in total. The van der Waals surface area contributed by atoms with E-state index in [1.54, 1.807) is 0 Å². The third-order valence-corrected chi connectivity index (χ3v) is 5.09. The second-order valence-corrected chi connectivity index (χ2v) is 6.93. The van der Waals surface area contributed by atoms with Crippen molar-refractivity contribution >= 4 is 0 Å². The molecule has 0 saturated carbocycles. The van der Waals surface area contributed by atoms with Crippen molar-refractivity contribution < 1.29 is 9.47 Å². The van der Waals surface area contributed by atoms with Crippen molar-refractivity contribution in [1.82, 2.24) is 0 Å². The van der Waals surface area contributed by atoms with Crippen LogP contribution in [-0.2, 0) is 9.47 Å². The van der Waals surface area contributed by atoms with E-state index in [0.717, 1.165) is 39.1 Å². The predicted molar refractivity (Wildman–Crippen MR) is 84.3 cm³/mol. The zero-order valence-electron chi connectivity index (χ0n) is 13.2. The van der Waals surface area contributed by atoms with Crippen molar-refractivity contribution in [1.29, 1.82) is 0 Å². The molecular formula is C18H27NO2. The molecule has 0 amide bonds. The standard InChI is InChI=1S/C18H27NO2/c1-13(2)14-3-5-15(6-4-14)17(19)16-7-9-21-18(11-16)8-10-20-12-18/h3-6,13,16-17H,7-12,19H2,1-2H3. The lowest BCUT2D eigenvalue weighted by Crippen LogP contribution is -2.43. The van der Waals surface area contributed by atoms with Gasteiger partial charge in [-0.05, 0) is 35.8 Å². The average Bonchev–Trinajstić information content (AvgIpc) is 2.94. The molecule has 3 rings (SSSR count). The third-order valence-electron chi connectivity index (χ3n) is 5.09. The van der Waals surface area contributed by atoms with Gasteiger partial charge in [-0.25, -0.2) is 0 Å². The molecule has 1 spiro atoms. The smallest absolute Gasteiger partial charge is 0.0940 e. The maximum atomic E-state index is 6.55. The predicted octanol–water partition coefficient (Wildman–Crippen LogP) is 3.40. The van der Waals surface area contributed by atoms with E-state index >= 15 is 0 Å². The quantitative estimate of drug-likeness (QED) is 0.927. The highest BCUT2D eigenvalue weighted by molar-refractivity contribution is 5.27. The van der Waals surface area contributed by atoms with Crippen LogP contribution in [0.5, 0.6) is 0 Å². The summed E-state index contributed by atoms with van der Waals surface area (Å²) in [7, 11) is 0. The zero-order chi connectivity index (χ0) is 14.9. The highest BCUT2D eigenvalue weighted by atomic mass is 16.6. The molecule has 2 fully saturated rings. The van der Waals surface area contributed by atoms with Crippen molar-refractivity contribution in [3.05, 3.63) is 35.4 Å². The van der Waals surface area contributed by atoms with E-state index in [4.69, 9.17) is 15.2 Å². The zero-order valence-corrected chi connectivity index (χ0v) is 13.2. The van der Waals surface area contributed by atoms with Crippen molar-refractivity contribution in [2.24, 2.45) is 11.7 Å². The fraction of sp³-hybridized carbons (Fsp3) is 0.667. The molecule has 21 heavy (non-hydrogen) atoms. The number of hydrogen-bond acceptors (Lipinski definition) is 3. The number of nitrogens with two attached hydrogens (primary N) is 1. The Balaban J connectivity index is 1.70. The van der Waals surface area contributed by atoms with Crippen LogP contribution < -0.4 is 5.73 Å². The van der Waals surface area contributed by atoms with Crippen LogP contribution in [0.3, 0.4) is 0 Å². The average molecular weight is 289 g/mol. The van der Waals surface area contributed by atoms with Crippen LogP contribution >= 0.6 is 0 Å². The Hall–Kier alpha value is -0.900. The molecular weight excluding hydrogens is 262 g/mol. The van der Waals surface area contributed by atoms with Gasteiger partial charge in [0, 0.05) is 25.7 Å². The number of hydrogen-bond donors (Lipinski definition) is 1. The van der Waals surface area contributed by atoms with Crippen LogP contribution in [0.2, 0.25) is 0 Å². The molecule has 1 aromatic carbocycles. The summed E-state index contributed by atoms with van der Waals surface area (Å²) in [5.74, 6) is 1.06. The lowest BCUT2D eigenvalue weighted by Gasteiger charge is -2.39. The minimum absolute atomic E-state index is 0.0571. The van der Waals surface area contributed by atoms with Crippen molar-refractivity contribution in [3.8, 4) is 0 Å². The summed E-state index contributed by atoms with van der Waals surface area (Å²) in [6.45, 7) is 6.81. The first-order chi connectivity index (χ1) is 10.1. The number of benzene rings is 1. The highest BCUT2D eigenvalue weighted by Gasteiger charge is 2.42. The Morgan fingerprint density at radius 2 is 1.86 bits per heavy atom. The van der Waals surface area contributed by atoms with Crippen molar-refractivity contribution in [2.75, 3.05) is 19.8 Å². The maximum Gasteiger partial charge on any atom is 0.0940 e. The van der Waals surface area contributed by atoms with Gasteiger partial charge < -0.3 is 15.2 Å². The topological polar surface area (TPSA) is 44.5 Å². The first-order valence-electron chi connectivity index (χ1n) is 8.17. The lowest BCUT2D eigenvalue weighted by molar-refractivity contribution is -0.101. The normalized spacial score (nSPS) is 31.0. The minimum atomic E-state index is -0.0571. The van der Waals surface area contributed by atoms with Gasteiger partial charge in [-0.2, -0.15) is 0 Å². The fourth-order valence-electron chi connectivity index (χ4n) is 3.61. The second kappa shape index (κ2) is 6.07. The molecule has 2 heterocycles. The van der Waals surface area contributed by atoms with E-state index in [1.165, 1.54) is 11.1 Å². The van der Waals surface area contributed by atoms with Gasteiger partial charge in [0.2, 0.25) is 0 Å². The Morgan fingerprint density at radius 3 is 2.48 bits per heavy atom. The van der Waals surface area contributed by atoms with Crippen LogP contribution in [0.15, 0.2) is 24.3 Å². The summed E-state index contributed by atoms with van der Waals surface area (Å²) < 4.78 is 11.6. The Labute approximate surface area is 127 Å². The van der Waals surface area contributed by atoms with Gasteiger partial charge in [-0.3, -0.25) is 0 Å². The molecule has 3 nitrogen and oxygen atoms in total. The van der Waals surface area contributed by atoms with E-state index in [0.29, 0.717) is 11.8 Å². The fourth-order valence-corrected chi connectivity index (χ4v) is 3.61. The van der Waals surface area contributed by atoms with Crippen LogP contribution in [-0.4, -0.2) is 25.4 Å². The molecule has 0 radical (unpaired) electrons. The molecule has 3 unspecified atom stereocenters. The van der Waals surface area contributed by atoms with Gasteiger partial charge in [-0.15, -0.1) is 0 Å². The van der Waals surface area contributed by atoms with Crippen molar-refractivity contribution in [2.45, 2.75) is 50.7 Å². The summed E-state index contributed by atoms with van der Waals surface area (Å²) in [5, 5.41) is 0. The number of rotatable bonds is 3. The lowest BCUT2D eigenvalue weighted by atomic mass is 9.79. The summed E-state index contributed by atoms with van der Waals surface area (Å²) in [6, 6.07) is 8.94. The summed E-state index contributed by atoms with van der Waals surface area (Å²) in [5.41, 5.74) is 9.12. The van der Waals surface area contributed by atoms with E-state index in [1.807, 2.05) is 0 Å². The molecule has 2 aliphatic rings. The van der Waals surface area contributed by atoms with Crippen LogP contribution in [0.1, 0.15) is 56.2 Å². The largest absolute Gasteiger partial charge is 0.378 e. The molecule has 0 aliphatic carbocycles. The Bertz CT molecular complexity index is 463. The summed E-state index contributed by atoms with van der Waals surface area (Å²) in [4.78, 5) is 0. The first-order valence-corrected chi connectivity index (χ1v) is 8.17. The van der Waals surface area contributed by atoms with Gasteiger partial charge in [0.05, 0.1) is 12.2 Å². The van der Waals surface area contributed by atoms with Gasteiger partial charge in [0.1, 0.15) is 0 Å². The van der Waals surface area contributed by atoms with Gasteiger partial charge in [0.25, 0.3) is 0 Å². The molecule has 2 aliphatic heterocycles. The first kappa shape index (κ1) is 15.0. The van der Waals surface area contributed by atoms with Gasteiger partial charge in [0.15, 0.2) is 0 Å². The molecule has 1 aromatic rings.